The van der Waals surface area contributed by atoms with Gasteiger partial charge in [0.25, 0.3) is 0 Å². The van der Waals surface area contributed by atoms with Gasteiger partial charge < -0.3 is 9.73 Å². The third-order valence-corrected chi connectivity index (χ3v) is 4.39. The maximum absolute atomic E-state index is 5.59. The second-order valence-corrected chi connectivity index (χ2v) is 5.72. The van der Waals surface area contributed by atoms with E-state index in [9.17, 15) is 0 Å². The van der Waals surface area contributed by atoms with Crippen LogP contribution in [0.4, 0.5) is 0 Å². The first-order chi connectivity index (χ1) is 9.74. The molecule has 20 heavy (non-hydrogen) atoms. The Hall–Kier alpha value is -0.840. The first-order valence-electron chi connectivity index (χ1n) is 7.97. The molecule has 1 saturated heterocycles. The lowest BCUT2D eigenvalue weighted by Gasteiger charge is -2.37. The van der Waals surface area contributed by atoms with Crippen LogP contribution in [-0.2, 0) is 13.1 Å². The van der Waals surface area contributed by atoms with Gasteiger partial charge in [-0.05, 0) is 26.0 Å². The molecule has 1 atom stereocenters. The molecule has 2 rings (SSSR count). The molecule has 1 aromatic rings. The van der Waals surface area contributed by atoms with Crippen molar-refractivity contribution in [1.29, 1.82) is 0 Å². The van der Waals surface area contributed by atoms with Crippen molar-refractivity contribution >= 4 is 0 Å². The van der Waals surface area contributed by atoms with Crippen molar-refractivity contribution in [2.75, 3.05) is 32.7 Å². The fourth-order valence-electron chi connectivity index (χ4n) is 2.76. The Kier molecular flexibility index (Phi) is 6.07. The Morgan fingerprint density at radius 3 is 2.65 bits per heavy atom. The number of nitrogens with one attached hydrogen (secondary N) is 1. The standard InChI is InChI=1S/C16H29N3O/c1-4-14(3)19-9-7-18(8-10-19)13-15-6-11-20-16(15)12-17-5-2/h6,11,14,17H,4-5,7-10,12-13H2,1-3H3. The molecule has 0 aliphatic carbocycles. The van der Waals surface area contributed by atoms with E-state index in [0.717, 1.165) is 44.5 Å². The minimum absolute atomic E-state index is 0.718. The summed E-state index contributed by atoms with van der Waals surface area (Å²) in [4.78, 5) is 5.14. The van der Waals surface area contributed by atoms with E-state index in [4.69, 9.17) is 4.42 Å². The summed E-state index contributed by atoms with van der Waals surface area (Å²) in [7, 11) is 0. The van der Waals surface area contributed by atoms with E-state index >= 15 is 0 Å². The van der Waals surface area contributed by atoms with Crippen LogP contribution in [0.25, 0.3) is 0 Å². The quantitative estimate of drug-likeness (QED) is 0.830. The second-order valence-electron chi connectivity index (χ2n) is 5.72. The van der Waals surface area contributed by atoms with E-state index in [0.29, 0.717) is 0 Å². The Morgan fingerprint density at radius 2 is 2.00 bits per heavy atom. The van der Waals surface area contributed by atoms with E-state index in [2.05, 4.69) is 42.0 Å². The molecule has 1 aliphatic rings. The lowest BCUT2D eigenvalue weighted by atomic mass is 10.1. The van der Waals surface area contributed by atoms with Gasteiger partial charge in [0.1, 0.15) is 5.76 Å². The Balaban J connectivity index is 1.82. The molecule has 1 aliphatic heterocycles. The fraction of sp³-hybridized carbons (Fsp3) is 0.750. The molecule has 1 aromatic heterocycles. The topological polar surface area (TPSA) is 31.7 Å². The molecular formula is C16H29N3O. The molecule has 114 valence electrons. The molecule has 0 amide bonds. The van der Waals surface area contributed by atoms with E-state index in [1.165, 1.54) is 25.1 Å². The highest BCUT2D eigenvalue weighted by Crippen LogP contribution is 2.16. The molecule has 0 saturated carbocycles. The molecule has 1 fully saturated rings. The van der Waals surface area contributed by atoms with Gasteiger partial charge in [0.05, 0.1) is 12.8 Å². The fourth-order valence-corrected chi connectivity index (χ4v) is 2.76. The van der Waals surface area contributed by atoms with Crippen LogP contribution in [0.3, 0.4) is 0 Å². The number of rotatable bonds is 7. The van der Waals surface area contributed by atoms with Crippen molar-refractivity contribution in [3.8, 4) is 0 Å². The number of nitrogens with zero attached hydrogens (tertiary/aromatic N) is 2. The summed E-state index contributed by atoms with van der Waals surface area (Å²) in [5, 5.41) is 3.34. The third-order valence-electron chi connectivity index (χ3n) is 4.39. The SMILES string of the molecule is CCNCc1occc1CN1CCN(C(C)CC)CC1. The van der Waals surface area contributed by atoms with Gasteiger partial charge in [0.2, 0.25) is 0 Å². The molecular weight excluding hydrogens is 250 g/mol. The monoisotopic (exact) mass is 279 g/mol. The van der Waals surface area contributed by atoms with Crippen molar-refractivity contribution in [1.82, 2.24) is 15.1 Å². The van der Waals surface area contributed by atoms with Gasteiger partial charge in [0.15, 0.2) is 0 Å². The van der Waals surface area contributed by atoms with Crippen molar-refractivity contribution < 1.29 is 4.42 Å². The van der Waals surface area contributed by atoms with Crippen molar-refractivity contribution in [2.45, 2.75) is 46.3 Å². The van der Waals surface area contributed by atoms with Crippen LogP contribution in [0.1, 0.15) is 38.5 Å². The number of hydrogen-bond donors (Lipinski definition) is 1. The highest BCUT2D eigenvalue weighted by atomic mass is 16.3. The van der Waals surface area contributed by atoms with Crippen LogP contribution in [0, 0.1) is 0 Å². The molecule has 2 heterocycles. The summed E-state index contributed by atoms with van der Waals surface area (Å²) in [6, 6.07) is 2.84. The minimum Gasteiger partial charge on any atom is -0.468 e. The number of hydrogen-bond acceptors (Lipinski definition) is 4. The number of furan rings is 1. The average molecular weight is 279 g/mol. The largest absolute Gasteiger partial charge is 0.468 e. The zero-order valence-electron chi connectivity index (χ0n) is 13.2. The molecule has 1 unspecified atom stereocenters. The molecule has 4 nitrogen and oxygen atoms in total. The lowest BCUT2D eigenvalue weighted by Crippen LogP contribution is -2.49. The average Bonchev–Trinajstić information content (AvgIpc) is 2.92. The van der Waals surface area contributed by atoms with Gasteiger partial charge >= 0.3 is 0 Å². The van der Waals surface area contributed by atoms with Crippen LogP contribution in [0.15, 0.2) is 16.7 Å². The summed E-state index contributed by atoms with van der Waals surface area (Å²) < 4.78 is 5.59. The van der Waals surface area contributed by atoms with Crippen LogP contribution in [0.5, 0.6) is 0 Å². The molecule has 1 N–H and O–H groups in total. The normalized spacial score (nSPS) is 19.4. The van der Waals surface area contributed by atoms with Crippen LogP contribution in [0.2, 0.25) is 0 Å². The van der Waals surface area contributed by atoms with Crippen molar-refractivity contribution in [3.63, 3.8) is 0 Å². The maximum atomic E-state index is 5.59. The Labute approximate surface area is 123 Å². The summed E-state index contributed by atoms with van der Waals surface area (Å²) in [5.74, 6) is 1.09. The highest BCUT2D eigenvalue weighted by Gasteiger charge is 2.21. The molecule has 0 radical (unpaired) electrons. The van der Waals surface area contributed by atoms with Crippen molar-refractivity contribution in [3.05, 3.63) is 23.7 Å². The minimum atomic E-state index is 0.718. The van der Waals surface area contributed by atoms with Gasteiger partial charge in [0, 0.05) is 44.3 Å². The van der Waals surface area contributed by atoms with Gasteiger partial charge in [-0.25, -0.2) is 0 Å². The van der Waals surface area contributed by atoms with Crippen LogP contribution >= 0.6 is 0 Å². The molecule has 0 spiro atoms. The summed E-state index contributed by atoms with van der Waals surface area (Å²) in [6.07, 6.45) is 3.06. The number of piperazine rings is 1. The van der Waals surface area contributed by atoms with Crippen LogP contribution < -0.4 is 5.32 Å². The molecule has 0 bridgehead atoms. The van der Waals surface area contributed by atoms with Gasteiger partial charge in [-0.1, -0.05) is 13.8 Å². The molecule has 4 heteroatoms. The van der Waals surface area contributed by atoms with E-state index in [1.807, 2.05) is 6.26 Å². The smallest absolute Gasteiger partial charge is 0.122 e. The first kappa shape index (κ1) is 15.5. The van der Waals surface area contributed by atoms with Crippen molar-refractivity contribution in [2.24, 2.45) is 0 Å². The van der Waals surface area contributed by atoms with Gasteiger partial charge in [-0.3, -0.25) is 9.80 Å². The summed E-state index contributed by atoms with van der Waals surface area (Å²) in [5.41, 5.74) is 1.34. The highest BCUT2D eigenvalue weighted by molar-refractivity contribution is 5.17. The first-order valence-corrected chi connectivity index (χ1v) is 7.97. The lowest BCUT2D eigenvalue weighted by molar-refractivity contribution is 0.0960. The summed E-state index contributed by atoms with van der Waals surface area (Å²) in [6.45, 7) is 14.3. The van der Waals surface area contributed by atoms with E-state index in [-0.39, 0.29) is 0 Å². The Morgan fingerprint density at radius 1 is 1.25 bits per heavy atom. The second kappa shape index (κ2) is 7.81. The maximum Gasteiger partial charge on any atom is 0.122 e. The third kappa shape index (κ3) is 4.08. The van der Waals surface area contributed by atoms with E-state index in [1.54, 1.807) is 0 Å². The van der Waals surface area contributed by atoms with Crippen LogP contribution in [-0.4, -0.2) is 48.6 Å². The predicted octanol–water partition coefficient (Wildman–Crippen LogP) is 2.31. The van der Waals surface area contributed by atoms with Gasteiger partial charge in [-0.15, -0.1) is 0 Å². The predicted molar refractivity (Wildman–Crippen MR) is 82.7 cm³/mol. The molecule has 0 aromatic carbocycles. The zero-order valence-corrected chi connectivity index (χ0v) is 13.2. The zero-order chi connectivity index (χ0) is 14.4. The Bertz CT molecular complexity index is 383. The summed E-state index contributed by atoms with van der Waals surface area (Å²) >= 11 is 0. The van der Waals surface area contributed by atoms with E-state index < -0.39 is 0 Å². The van der Waals surface area contributed by atoms with Gasteiger partial charge in [-0.2, -0.15) is 0 Å².